The molecule has 0 fully saturated rings. The molecule has 7 heteroatoms. The van der Waals surface area contributed by atoms with Crippen LogP contribution in [0.15, 0.2) is 60.1 Å². The number of anilines is 1. The summed E-state index contributed by atoms with van der Waals surface area (Å²) in [5.74, 6) is 0.105. The zero-order chi connectivity index (χ0) is 20.4. The number of carbonyl (C=O) groups is 2. The van der Waals surface area contributed by atoms with E-state index in [-0.39, 0.29) is 11.8 Å². The Kier molecular flexibility index (Phi) is 5.07. The number of aromatic nitrogens is 1. The van der Waals surface area contributed by atoms with Crippen LogP contribution >= 0.6 is 11.3 Å². The summed E-state index contributed by atoms with van der Waals surface area (Å²) < 4.78 is 9.81. The second kappa shape index (κ2) is 7.67. The van der Waals surface area contributed by atoms with Crippen LogP contribution in [-0.4, -0.2) is 24.2 Å². The molecule has 1 N–H and O–H groups in total. The Morgan fingerprint density at radius 3 is 2.69 bits per heavy atom. The highest BCUT2D eigenvalue weighted by molar-refractivity contribution is 7.13. The Balaban J connectivity index is 1.75. The molecule has 1 aromatic heterocycles. The van der Waals surface area contributed by atoms with Gasteiger partial charge in [-0.2, -0.15) is 0 Å². The van der Waals surface area contributed by atoms with Gasteiger partial charge in [0.2, 0.25) is 5.91 Å². The van der Waals surface area contributed by atoms with Crippen molar-refractivity contribution < 1.29 is 19.1 Å². The number of hydrogen-bond acceptors (Lipinski definition) is 6. The molecule has 148 valence electrons. The van der Waals surface area contributed by atoms with Gasteiger partial charge < -0.3 is 14.8 Å². The predicted octanol–water partition coefficient (Wildman–Crippen LogP) is 4.62. The number of carbonyl (C=O) groups excluding carboxylic acids is 2. The number of amides is 1. The Labute approximate surface area is 172 Å². The van der Waals surface area contributed by atoms with E-state index in [0.717, 1.165) is 16.7 Å². The first-order valence-corrected chi connectivity index (χ1v) is 10.0. The summed E-state index contributed by atoms with van der Waals surface area (Å²) in [6.07, 6.45) is 1.46. The van der Waals surface area contributed by atoms with Crippen molar-refractivity contribution in [3.63, 3.8) is 0 Å². The number of nitrogens with one attached hydrogen (secondary N) is 1. The first-order chi connectivity index (χ1) is 14.0. The third kappa shape index (κ3) is 3.61. The maximum absolute atomic E-state index is 13.3. The van der Waals surface area contributed by atoms with Crippen molar-refractivity contribution in [2.75, 3.05) is 12.4 Å². The molecule has 0 bridgehead atoms. The highest BCUT2D eigenvalue weighted by Crippen LogP contribution is 2.52. The number of hydrogen-bond donors (Lipinski definition) is 1. The molecular formula is C22H20N2O4S. The fraction of sp³-hybridized carbons (Fsp3) is 0.227. The number of ether oxygens (including phenoxy) is 2. The Morgan fingerprint density at radius 1 is 1.21 bits per heavy atom. The average molecular weight is 408 g/mol. The highest BCUT2D eigenvalue weighted by atomic mass is 32.1. The normalized spacial score (nSPS) is 20.0. The monoisotopic (exact) mass is 408 g/mol. The van der Waals surface area contributed by atoms with Gasteiger partial charge in [0, 0.05) is 17.5 Å². The van der Waals surface area contributed by atoms with Crippen LogP contribution in [0, 0.1) is 5.41 Å². The van der Waals surface area contributed by atoms with E-state index in [1.165, 1.54) is 18.4 Å². The molecule has 1 aliphatic rings. The number of nitrogens with zero attached hydrogens (tertiary/aromatic N) is 1. The zero-order valence-corrected chi connectivity index (χ0v) is 16.9. The van der Waals surface area contributed by atoms with Gasteiger partial charge >= 0.3 is 6.16 Å². The van der Waals surface area contributed by atoms with Gasteiger partial charge in [-0.3, -0.25) is 4.79 Å². The summed E-state index contributed by atoms with van der Waals surface area (Å²) in [5, 5.41) is 5.36. The molecule has 0 radical (unpaired) electrons. The van der Waals surface area contributed by atoms with E-state index in [4.69, 9.17) is 4.74 Å². The quantitative estimate of drug-likeness (QED) is 0.503. The van der Waals surface area contributed by atoms with Crippen molar-refractivity contribution in [2.45, 2.75) is 19.3 Å². The number of methoxy groups -OCH3 is 1. The molecule has 1 heterocycles. The van der Waals surface area contributed by atoms with Crippen LogP contribution in [0.2, 0.25) is 0 Å². The maximum atomic E-state index is 13.3. The van der Waals surface area contributed by atoms with Gasteiger partial charge in [0.1, 0.15) is 5.75 Å². The van der Waals surface area contributed by atoms with Crippen LogP contribution in [0.4, 0.5) is 9.93 Å². The van der Waals surface area contributed by atoms with Crippen molar-refractivity contribution in [1.82, 2.24) is 4.98 Å². The third-order valence-electron chi connectivity index (χ3n) is 5.30. The van der Waals surface area contributed by atoms with E-state index in [9.17, 15) is 9.59 Å². The molecule has 0 aliphatic heterocycles. The lowest BCUT2D eigenvalue weighted by atomic mass is 9.73. The van der Waals surface area contributed by atoms with Crippen LogP contribution in [0.3, 0.4) is 0 Å². The lowest BCUT2D eigenvalue weighted by Crippen LogP contribution is -2.37. The molecule has 1 amide bonds. The molecule has 29 heavy (non-hydrogen) atoms. The maximum Gasteiger partial charge on any atom is 0.513 e. The van der Waals surface area contributed by atoms with Gasteiger partial charge in [0.25, 0.3) is 0 Å². The first kappa shape index (κ1) is 19.1. The summed E-state index contributed by atoms with van der Waals surface area (Å²) in [7, 11) is 1.27. The molecular weight excluding hydrogens is 388 g/mol. The van der Waals surface area contributed by atoms with Gasteiger partial charge in [-0.1, -0.05) is 36.4 Å². The summed E-state index contributed by atoms with van der Waals surface area (Å²) in [6.45, 7) is 1.97. The fourth-order valence-corrected chi connectivity index (χ4v) is 4.50. The Bertz CT molecular complexity index is 1040. The summed E-state index contributed by atoms with van der Waals surface area (Å²) >= 11 is 1.39. The molecule has 0 saturated carbocycles. The average Bonchev–Trinajstić information content (AvgIpc) is 3.34. The van der Waals surface area contributed by atoms with Crippen molar-refractivity contribution in [3.8, 4) is 5.75 Å². The number of benzene rings is 2. The van der Waals surface area contributed by atoms with Crippen LogP contribution in [-0.2, 0) is 16.0 Å². The lowest BCUT2D eigenvalue weighted by molar-refractivity contribution is -0.125. The van der Waals surface area contributed by atoms with E-state index < -0.39 is 11.6 Å². The molecule has 0 unspecified atom stereocenters. The second-order valence-corrected chi connectivity index (χ2v) is 8.04. The molecule has 0 spiro atoms. The van der Waals surface area contributed by atoms with Crippen LogP contribution in [0.25, 0.3) is 0 Å². The number of fused-ring (bicyclic) bond motifs is 1. The van der Waals surface area contributed by atoms with Crippen LogP contribution < -0.4 is 10.1 Å². The molecule has 1 aliphatic carbocycles. The van der Waals surface area contributed by atoms with Crippen molar-refractivity contribution in [1.29, 1.82) is 0 Å². The van der Waals surface area contributed by atoms with Crippen molar-refractivity contribution in [2.24, 2.45) is 5.41 Å². The highest BCUT2D eigenvalue weighted by Gasteiger charge is 2.49. The standard InChI is InChI=1S/C22H20N2O4S/c1-22(19(25)24-20-23-10-11-29-20)13-15-8-9-16(28-21(26)27-2)12-17(15)18(22)14-6-4-3-5-7-14/h3-12,18H,13H2,1-2H3,(H,23,24,25)/t18-,22+/m0/s1. The van der Waals surface area contributed by atoms with Gasteiger partial charge in [-0.25, -0.2) is 9.78 Å². The predicted molar refractivity (Wildman–Crippen MR) is 110 cm³/mol. The molecule has 4 rings (SSSR count). The minimum atomic E-state index is -0.775. The minimum Gasteiger partial charge on any atom is -0.437 e. The molecule has 2 atom stereocenters. The van der Waals surface area contributed by atoms with Gasteiger partial charge in [-0.15, -0.1) is 11.3 Å². The molecule has 2 aromatic carbocycles. The largest absolute Gasteiger partial charge is 0.513 e. The zero-order valence-electron chi connectivity index (χ0n) is 16.0. The van der Waals surface area contributed by atoms with Crippen LogP contribution in [0.1, 0.15) is 29.5 Å². The third-order valence-corrected chi connectivity index (χ3v) is 5.98. The van der Waals surface area contributed by atoms with E-state index >= 15 is 0 Å². The van der Waals surface area contributed by atoms with Gasteiger partial charge in [0.15, 0.2) is 5.13 Å². The second-order valence-electron chi connectivity index (χ2n) is 7.15. The Morgan fingerprint density at radius 2 is 2.00 bits per heavy atom. The summed E-state index contributed by atoms with van der Waals surface area (Å²) in [5.41, 5.74) is 2.32. The van der Waals surface area contributed by atoms with Crippen molar-refractivity contribution in [3.05, 3.63) is 76.8 Å². The first-order valence-electron chi connectivity index (χ1n) is 9.16. The van der Waals surface area contributed by atoms with Gasteiger partial charge in [-0.05, 0) is 42.2 Å². The topological polar surface area (TPSA) is 77.5 Å². The van der Waals surface area contributed by atoms with E-state index in [1.54, 1.807) is 12.3 Å². The van der Waals surface area contributed by atoms with Crippen LogP contribution in [0.5, 0.6) is 5.75 Å². The lowest BCUT2D eigenvalue weighted by Gasteiger charge is -2.31. The summed E-state index contributed by atoms with van der Waals surface area (Å²) in [6, 6.07) is 15.4. The molecule has 0 saturated heterocycles. The van der Waals surface area contributed by atoms with E-state index in [0.29, 0.717) is 17.3 Å². The molecule has 6 nitrogen and oxygen atoms in total. The smallest absolute Gasteiger partial charge is 0.437 e. The fourth-order valence-electron chi connectivity index (χ4n) is 3.97. The van der Waals surface area contributed by atoms with E-state index in [1.807, 2.05) is 54.8 Å². The van der Waals surface area contributed by atoms with E-state index in [2.05, 4.69) is 15.0 Å². The Hall–Kier alpha value is -3.19. The number of rotatable bonds is 4. The van der Waals surface area contributed by atoms with Gasteiger partial charge in [0.05, 0.1) is 12.5 Å². The molecule has 3 aromatic rings. The van der Waals surface area contributed by atoms with Crippen molar-refractivity contribution >= 4 is 28.5 Å². The summed E-state index contributed by atoms with van der Waals surface area (Å²) in [4.78, 5) is 29.1. The SMILES string of the molecule is COC(=O)Oc1ccc2c(c1)[C@H](c1ccccc1)[C@](C)(C(=O)Nc1nccs1)C2. The number of thiazole rings is 1. The minimum absolute atomic E-state index is 0.0899.